The number of carbonyl (C=O) groups is 2. The maximum atomic E-state index is 15.2. The van der Waals surface area contributed by atoms with Crippen molar-refractivity contribution in [2.24, 2.45) is 0 Å². The highest BCUT2D eigenvalue weighted by Gasteiger charge is 2.20. The number of amides is 1. The van der Waals surface area contributed by atoms with E-state index in [9.17, 15) is 9.59 Å². The Morgan fingerprint density at radius 2 is 1.67 bits per heavy atom. The van der Waals surface area contributed by atoms with Crippen molar-refractivity contribution in [1.82, 2.24) is 5.32 Å². The van der Waals surface area contributed by atoms with Crippen molar-refractivity contribution in [2.45, 2.75) is 66.3 Å². The summed E-state index contributed by atoms with van der Waals surface area (Å²) in [5, 5.41) is 14.6. The van der Waals surface area contributed by atoms with E-state index in [0.717, 1.165) is 51.9 Å². The third-order valence-corrected chi connectivity index (χ3v) is 6.77. The van der Waals surface area contributed by atoms with Crippen LogP contribution in [0.25, 0.3) is 17.2 Å². The molecule has 176 valence electrons. The third-order valence-electron chi connectivity index (χ3n) is 6.77. The molecule has 0 bridgehead atoms. The van der Waals surface area contributed by atoms with E-state index in [1.54, 1.807) is 19.1 Å². The smallest absolute Gasteiger partial charge is 0.322 e. The summed E-state index contributed by atoms with van der Waals surface area (Å²) in [6, 6.07) is 5.80. The average molecular weight is 453 g/mol. The number of carbonyl (C=O) groups excluding carboxylic acids is 1. The van der Waals surface area contributed by atoms with Crippen LogP contribution in [-0.2, 0) is 9.59 Å². The Kier molecular flexibility index (Phi) is 7.57. The number of rotatable bonds is 7. The zero-order valence-corrected chi connectivity index (χ0v) is 20.1. The Morgan fingerprint density at radius 3 is 2.21 bits per heavy atom. The molecule has 3 N–H and O–H groups in total. The van der Waals surface area contributed by atoms with Crippen molar-refractivity contribution in [1.29, 1.82) is 0 Å². The van der Waals surface area contributed by atoms with E-state index in [2.05, 4.69) is 10.6 Å². The molecule has 0 atom stereocenters. The number of halogens is 1. The molecule has 0 heterocycles. The molecule has 0 aliphatic heterocycles. The zero-order valence-electron chi connectivity index (χ0n) is 20.1. The molecule has 1 fully saturated rings. The van der Waals surface area contributed by atoms with Gasteiger partial charge in [-0.15, -0.1) is 0 Å². The monoisotopic (exact) mass is 452 g/mol. The summed E-state index contributed by atoms with van der Waals surface area (Å²) in [7, 11) is 0. The number of benzene rings is 2. The summed E-state index contributed by atoms with van der Waals surface area (Å²) in [4.78, 5) is 23.0. The summed E-state index contributed by atoms with van der Waals surface area (Å²) >= 11 is 0. The predicted octanol–water partition coefficient (Wildman–Crippen LogP) is 5.68. The molecule has 6 heteroatoms. The Hall–Kier alpha value is -3.15. The molecule has 0 spiro atoms. The molecule has 0 unspecified atom stereocenters. The Bertz CT molecular complexity index is 1090. The molecule has 1 saturated carbocycles. The van der Waals surface area contributed by atoms with Crippen LogP contribution in [0.2, 0.25) is 0 Å². The summed E-state index contributed by atoms with van der Waals surface area (Å²) < 4.78 is 15.2. The SMILES string of the molecule is CC(=Cc1c(C)c(C)c(-c2ccc(NC3CCCC3)cc2F)c(C)c1C)C(=O)NCC(=O)O. The second kappa shape index (κ2) is 10.2. The molecule has 3 rings (SSSR count). The minimum absolute atomic E-state index is 0.254. The van der Waals surface area contributed by atoms with Gasteiger partial charge < -0.3 is 15.7 Å². The van der Waals surface area contributed by atoms with Crippen LogP contribution in [-0.4, -0.2) is 29.6 Å². The lowest BCUT2D eigenvalue weighted by atomic mass is 9.85. The molecule has 0 saturated heterocycles. The van der Waals surface area contributed by atoms with Gasteiger partial charge in [-0.25, -0.2) is 4.39 Å². The second-order valence-electron chi connectivity index (χ2n) is 9.01. The van der Waals surface area contributed by atoms with Gasteiger partial charge in [-0.05, 0) is 105 Å². The Balaban J connectivity index is 1.96. The second-order valence-corrected chi connectivity index (χ2v) is 9.01. The van der Waals surface area contributed by atoms with E-state index in [1.165, 1.54) is 12.8 Å². The fourth-order valence-corrected chi connectivity index (χ4v) is 4.65. The standard InChI is InChI=1S/C27H33FN2O3/c1-15(27(33)29-14-25(31)32)12-23-16(2)18(4)26(19(5)17(23)3)22-11-10-21(13-24(22)28)30-20-8-6-7-9-20/h10-13,20,30H,6-9,14H2,1-5H3,(H,29,33)(H,31,32). The predicted molar refractivity (Wildman–Crippen MR) is 131 cm³/mol. The number of anilines is 1. The first kappa shape index (κ1) is 24.5. The molecule has 33 heavy (non-hydrogen) atoms. The van der Waals surface area contributed by atoms with Gasteiger partial charge in [0.2, 0.25) is 5.91 Å². The molecule has 0 aromatic heterocycles. The summed E-state index contributed by atoms with van der Waals surface area (Å²) in [6.45, 7) is 9.10. The fourth-order valence-electron chi connectivity index (χ4n) is 4.65. The maximum Gasteiger partial charge on any atom is 0.322 e. The number of hydrogen-bond donors (Lipinski definition) is 3. The van der Waals surface area contributed by atoms with Crippen molar-refractivity contribution >= 4 is 23.6 Å². The highest BCUT2D eigenvalue weighted by Crippen LogP contribution is 2.37. The first-order chi connectivity index (χ1) is 15.6. The van der Waals surface area contributed by atoms with Crippen molar-refractivity contribution in [3.63, 3.8) is 0 Å². The first-order valence-corrected chi connectivity index (χ1v) is 11.4. The molecular weight excluding hydrogens is 419 g/mol. The number of carboxylic acids is 1. The minimum Gasteiger partial charge on any atom is -0.480 e. The number of nitrogens with one attached hydrogen (secondary N) is 2. The van der Waals surface area contributed by atoms with E-state index >= 15 is 4.39 Å². The van der Waals surface area contributed by atoms with Crippen LogP contribution in [0.15, 0.2) is 23.8 Å². The van der Waals surface area contributed by atoms with Gasteiger partial charge in [0.25, 0.3) is 0 Å². The lowest BCUT2D eigenvalue weighted by Crippen LogP contribution is -2.29. The minimum atomic E-state index is -1.09. The molecule has 2 aromatic rings. The van der Waals surface area contributed by atoms with Crippen LogP contribution in [0.5, 0.6) is 0 Å². The van der Waals surface area contributed by atoms with Crippen LogP contribution in [0.1, 0.15) is 60.4 Å². The van der Waals surface area contributed by atoms with Gasteiger partial charge in [0.05, 0.1) is 0 Å². The largest absolute Gasteiger partial charge is 0.480 e. The Labute approximate surface area is 195 Å². The van der Waals surface area contributed by atoms with Crippen LogP contribution in [0.4, 0.5) is 10.1 Å². The Morgan fingerprint density at radius 1 is 1.06 bits per heavy atom. The molecule has 1 aliphatic rings. The van der Waals surface area contributed by atoms with Crippen LogP contribution >= 0.6 is 0 Å². The topological polar surface area (TPSA) is 78.4 Å². The van der Waals surface area contributed by atoms with Gasteiger partial charge in [-0.2, -0.15) is 0 Å². The highest BCUT2D eigenvalue weighted by atomic mass is 19.1. The van der Waals surface area contributed by atoms with E-state index in [4.69, 9.17) is 5.11 Å². The van der Waals surface area contributed by atoms with Gasteiger partial charge in [0.1, 0.15) is 12.4 Å². The molecule has 1 aliphatic carbocycles. The molecular formula is C27H33FN2O3. The van der Waals surface area contributed by atoms with Crippen LogP contribution in [0, 0.1) is 33.5 Å². The number of carboxylic acid groups (broad SMARTS) is 1. The normalized spacial score (nSPS) is 14.4. The van der Waals surface area contributed by atoms with Gasteiger partial charge in [-0.1, -0.05) is 12.8 Å². The lowest BCUT2D eigenvalue weighted by Gasteiger charge is -2.21. The lowest BCUT2D eigenvalue weighted by molar-refractivity contribution is -0.137. The first-order valence-electron chi connectivity index (χ1n) is 11.4. The van der Waals surface area contributed by atoms with E-state index in [1.807, 2.05) is 39.8 Å². The average Bonchev–Trinajstić information content (AvgIpc) is 3.28. The fraction of sp³-hybridized carbons (Fsp3) is 0.407. The number of hydrogen-bond acceptors (Lipinski definition) is 3. The van der Waals surface area contributed by atoms with Gasteiger partial charge in [0.15, 0.2) is 0 Å². The van der Waals surface area contributed by atoms with Crippen molar-refractivity contribution in [2.75, 3.05) is 11.9 Å². The van der Waals surface area contributed by atoms with E-state index < -0.39 is 18.4 Å². The third kappa shape index (κ3) is 5.44. The molecule has 1 amide bonds. The molecule has 2 aromatic carbocycles. The summed E-state index contributed by atoms with van der Waals surface area (Å²) in [5.74, 6) is -1.77. The molecule has 5 nitrogen and oxygen atoms in total. The summed E-state index contributed by atoms with van der Waals surface area (Å²) in [5.41, 5.74) is 7.42. The number of aliphatic carboxylic acids is 1. The van der Waals surface area contributed by atoms with Crippen LogP contribution < -0.4 is 10.6 Å². The van der Waals surface area contributed by atoms with E-state index in [0.29, 0.717) is 17.2 Å². The van der Waals surface area contributed by atoms with Crippen LogP contribution in [0.3, 0.4) is 0 Å². The van der Waals surface area contributed by atoms with Crippen molar-refractivity contribution < 1.29 is 19.1 Å². The maximum absolute atomic E-state index is 15.2. The molecule has 0 radical (unpaired) electrons. The quantitative estimate of drug-likeness (QED) is 0.472. The van der Waals surface area contributed by atoms with Crippen molar-refractivity contribution in [3.8, 4) is 11.1 Å². The summed E-state index contributed by atoms with van der Waals surface area (Å²) in [6.07, 6.45) is 6.47. The van der Waals surface area contributed by atoms with Crippen molar-refractivity contribution in [3.05, 3.63) is 57.4 Å². The van der Waals surface area contributed by atoms with Gasteiger partial charge in [-0.3, -0.25) is 9.59 Å². The van der Waals surface area contributed by atoms with E-state index in [-0.39, 0.29) is 5.82 Å². The highest BCUT2D eigenvalue weighted by molar-refractivity contribution is 5.99. The van der Waals surface area contributed by atoms with Gasteiger partial charge in [0, 0.05) is 22.9 Å². The zero-order chi connectivity index (χ0) is 24.3. The van der Waals surface area contributed by atoms with Gasteiger partial charge >= 0.3 is 5.97 Å².